The smallest absolute Gasteiger partial charge is 0.310 e. The molecule has 0 unspecified atom stereocenters. The third-order valence-electron chi connectivity index (χ3n) is 10.2. The molecule has 1 rings (SSSR count). The molecule has 0 N–H and O–H groups in total. The fourth-order valence-corrected chi connectivity index (χ4v) is 6.70. The molecule has 0 aliphatic rings. The Kier molecular flexibility index (Phi) is 36.1. The minimum Gasteiger partial charge on any atom is -0.465 e. The van der Waals surface area contributed by atoms with Crippen LogP contribution in [-0.2, 0) is 25.6 Å². The van der Waals surface area contributed by atoms with E-state index in [0.717, 1.165) is 110 Å². The summed E-state index contributed by atoms with van der Waals surface area (Å²) in [4.78, 5) is 31.6. The largest absolute Gasteiger partial charge is 0.465 e. The van der Waals surface area contributed by atoms with Gasteiger partial charge in [0.1, 0.15) is 0 Å². The van der Waals surface area contributed by atoms with Crippen LogP contribution < -0.4 is 0 Å². The Balaban J connectivity index is 2.38. The lowest BCUT2D eigenvalue weighted by atomic mass is 9.94. The molecule has 0 spiro atoms. The minimum absolute atomic E-state index is 0.0197. The number of unbranched alkanes of at least 4 members (excludes halogenated alkanes) is 16. The average Bonchev–Trinajstić information content (AvgIpc) is 3.73. The van der Waals surface area contributed by atoms with Gasteiger partial charge in [0.15, 0.2) is 0 Å². The highest BCUT2D eigenvalue weighted by Gasteiger charge is 2.19. The second-order valence-corrected chi connectivity index (χ2v) is 15.3. The van der Waals surface area contributed by atoms with Gasteiger partial charge in [0.05, 0.1) is 25.1 Å². The van der Waals surface area contributed by atoms with Gasteiger partial charge in [-0.2, -0.15) is 0 Å². The molecule has 1 aromatic rings. The van der Waals surface area contributed by atoms with E-state index >= 15 is 0 Å². The number of aromatic nitrogens is 2. The zero-order chi connectivity index (χ0) is 40.4. The molecule has 0 aliphatic carbocycles. The van der Waals surface area contributed by atoms with E-state index in [1.165, 1.54) is 77.0 Å². The molecule has 0 amide bonds. The number of carbonyl (C=O) groups excluding carboxylic acids is 2. The lowest BCUT2D eigenvalue weighted by molar-refractivity contribution is -0.149. The van der Waals surface area contributed by atoms with Crippen LogP contribution in [0.5, 0.6) is 0 Å². The quantitative estimate of drug-likeness (QED) is 0.0286. The van der Waals surface area contributed by atoms with E-state index in [0.29, 0.717) is 13.0 Å². The molecule has 0 saturated heterocycles. The van der Waals surface area contributed by atoms with Crippen LogP contribution in [0, 0.1) is 5.92 Å². The van der Waals surface area contributed by atoms with Gasteiger partial charge in [-0.05, 0) is 95.7 Å². The number of esters is 2. The molecule has 7 nitrogen and oxygen atoms in total. The van der Waals surface area contributed by atoms with Gasteiger partial charge in [0.25, 0.3) is 0 Å². The van der Waals surface area contributed by atoms with Crippen molar-refractivity contribution in [2.75, 3.05) is 19.7 Å². The Bertz CT molecular complexity index is 1140. The number of nitrogens with zero attached hydrogens (tertiary/aromatic N) is 3. The zero-order valence-electron chi connectivity index (χ0n) is 36.1. The first-order valence-corrected chi connectivity index (χ1v) is 22.9. The van der Waals surface area contributed by atoms with Crippen LogP contribution in [-0.4, -0.2) is 46.1 Å². The average molecular weight is 778 g/mol. The fraction of sp³-hybridized carbons (Fsp3) is 0.694. The van der Waals surface area contributed by atoms with Gasteiger partial charge in [-0.15, -0.1) is 6.58 Å². The Morgan fingerprint density at radius 1 is 0.696 bits per heavy atom. The summed E-state index contributed by atoms with van der Waals surface area (Å²) in [6.07, 6.45) is 53.8. The van der Waals surface area contributed by atoms with Gasteiger partial charge in [-0.1, -0.05) is 134 Å². The summed E-state index contributed by atoms with van der Waals surface area (Å²) in [5.74, 6) is -0.0733. The van der Waals surface area contributed by atoms with Gasteiger partial charge < -0.3 is 18.9 Å². The van der Waals surface area contributed by atoms with Crippen LogP contribution >= 0.6 is 0 Å². The number of hydrogen-bond donors (Lipinski definition) is 0. The van der Waals surface area contributed by atoms with Crippen LogP contribution in [0.15, 0.2) is 80.3 Å². The third kappa shape index (κ3) is 32.9. The van der Waals surface area contributed by atoms with Crippen molar-refractivity contribution >= 4 is 11.9 Å². The third-order valence-corrected chi connectivity index (χ3v) is 10.2. The van der Waals surface area contributed by atoms with Gasteiger partial charge in [0, 0.05) is 38.4 Å². The predicted molar refractivity (Wildman–Crippen MR) is 237 cm³/mol. The van der Waals surface area contributed by atoms with E-state index < -0.39 is 0 Å². The topological polar surface area (TPSA) is 73.7 Å². The molecule has 1 heterocycles. The Morgan fingerprint density at radius 2 is 1.32 bits per heavy atom. The summed E-state index contributed by atoms with van der Waals surface area (Å²) >= 11 is 0. The molecule has 56 heavy (non-hydrogen) atoms. The Labute approximate surface area is 344 Å². The van der Waals surface area contributed by atoms with Gasteiger partial charge in [-0.25, -0.2) is 4.98 Å². The predicted octanol–water partition coefficient (Wildman–Crippen LogP) is 13.8. The number of hydrogen-bond acceptors (Lipinski definition) is 6. The van der Waals surface area contributed by atoms with Crippen LogP contribution in [0.3, 0.4) is 0 Å². The van der Waals surface area contributed by atoms with Crippen molar-refractivity contribution in [1.82, 2.24) is 14.5 Å². The number of rotatable bonds is 40. The number of aryl methyl sites for hydroxylation is 1. The Morgan fingerprint density at radius 3 is 2.02 bits per heavy atom. The Hall–Kier alpha value is -3.35. The first-order chi connectivity index (χ1) is 27.6. The van der Waals surface area contributed by atoms with Crippen molar-refractivity contribution in [3.05, 3.63) is 80.3 Å². The molecule has 0 radical (unpaired) electrons. The molecular formula is C49H83N3O4. The molecule has 7 heteroatoms. The van der Waals surface area contributed by atoms with E-state index in [2.05, 4.69) is 71.5 Å². The monoisotopic (exact) mass is 778 g/mol. The maximum absolute atomic E-state index is 13.0. The lowest BCUT2D eigenvalue weighted by Crippen LogP contribution is -2.21. The summed E-state index contributed by atoms with van der Waals surface area (Å²) in [6.45, 7) is 11.7. The van der Waals surface area contributed by atoms with Crippen LogP contribution in [0.4, 0.5) is 0 Å². The normalized spacial score (nSPS) is 11.9. The molecular weight excluding hydrogens is 695 g/mol. The molecule has 1 aromatic heterocycles. The fourth-order valence-electron chi connectivity index (χ4n) is 6.70. The first-order valence-electron chi connectivity index (χ1n) is 22.9. The summed E-state index contributed by atoms with van der Waals surface area (Å²) in [7, 11) is 0. The second-order valence-electron chi connectivity index (χ2n) is 15.3. The summed E-state index contributed by atoms with van der Waals surface area (Å²) < 4.78 is 13.1. The maximum Gasteiger partial charge on any atom is 0.310 e. The van der Waals surface area contributed by atoms with Crippen molar-refractivity contribution in [2.24, 2.45) is 5.92 Å². The van der Waals surface area contributed by atoms with E-state index in [1.54, 1.807) is 6.26 Å². The highest BCUT2D eigenvalue weighted by molar-refractivity contribution is 5.72. The second kappa shape index (κ2) is 39.9. The summed E-state index contributed by atoms with van der Waals surface area (Å²) in [6, 6.07) is 0. The van der Waals surface area contributed by atoms with Crippen LogP contribution in [0.25, 0.3) is 0 Å². The maximum atomic E-state index is 13.0. The number of ether oxygens (including phenoxy) is 2. The van der Waals surface area contributed by atoms with Gasteiger partial charge in [0.2, 0.25) is 0 Å². The molecule has 0 saturated carbocycles. The van der Waals surface area contributed by atoms with Crippen molar-refractivity contribution in [1.29, 1.82) is 0 Å². The minimum atomic E-state index is -0.154. The number of imidazole rings is 1. The molecule has 0 bridgehead atoms. The van der Waals surface area contributed by atoms with Crippen molar-refractivity contribution in [3.63, 3.8) is 0 Å². The van der Waals surface area contributed by atoms with Gasteiger partial charge in [-0.3, -0.25) is 9.59 Å². The highest BCUT2D eigenvalue weighted by atomic mass is 16.5. The molecule has 318 valence electrons. The number of allylic oxidation sites excluding steroid dienone is 6. The van der Waals surface area contributed by atoms with E-state index in [-0.39, 0.29) is 17.9 Å². The summed E-state index contributed by atoms with van der Waals surface area (Å²) in [5.41, 5.74) is 0. The summed E-state index contributed by atoms with van der Waals surface area (Å²) in [5, 5.41) is 0. The molecule has 0 aliphatic heterocycles. The standard InChI is InChI=1S/C49H83N3O4/c1-4-7-10-13-18-25-32-44-55-48(53)37-29-22-16-17-23-30-39-51(41-34-42-52-43-38-50-46-52)40-31-24-19-26-33-45-56-49(54)47(35-27-20-14-11-8-5-2)36-28-21-15-12-9-6-3/h4,16-17,19,26,31-32,38,40,43-44,46-47H,1,5-15,18,20-25,27-30,33-37,39,41-42,45H2,2-3H3/b17-16+,26-19+,40-31+,44-32+. The van der Waals surface area contributed by atoms with Crippen molar-refractivity contribution < 1.29 is 19.1 Å². The van der Waals surface area contributed by atoms with Gasteiger partial charge >= 0.3 is 11.9 Å². The lowest BCUT2D eigenvalue weighted by Gasteiger charge is -2.20. The van der Waals surface area contributed by atoms with E-state index in [4.69, 9.17) is 9.47 Å². The van der Waals surface area contributed by atoms with Crippen LogP contribution in [0.2, 0.25) is 0 Å². The zero-order valence-corrected chi connectivity index (χ0v) is 36.1. The molecule has 0 fully saturated rings. The SMILES string of the molecule is C=CCCCCC/C=C/OC(=O)CCC/C=C/CCCN(/C=C/C/C=C/CCOC(=O)C(CCCCCCCC)CCCCCCCC)CCCn1ccnc1. The van der Waals surface area contributed by atoms with Crippen LogP contribution in [0.1, 0.15) is 187 Å². The van der Waals surface area contributed by atoms with Crippen molar-refractivity contribution in [3.8, 4) is 0 Å². The molecule has 0 atom stereocenters. The first kappa shape index (κ1) is 50.7. The van der Waals surface area contributed by atoms with E-state index in [9.17, 15) is 9.59 Å². The van der Waals surface area contributed by atoms with Crippen molar-refractivity contribution in [2.45, 2.75) is 194 Å². The van der Waals surface area contributed by atoms with E-state index in [1.807, 2.05) is 30.9 Å². The molecule has 0 aromatic carbocycles. The highest BCUT2D eigenvalue weighted by Crippen LogP contribution is 2.21. The number of carbonyl (C=O) groups is 2.